The minimum atomic E-state index is -0.198. The fraction of sp³-hybridized carbons (Fsp3) is 1.00. The summed E-state index contributed by atoms with van der Waals surface area (Å²) in [5, 5.41) is 22.6. The van der Waals surface area contributed by atoms with Crippen molar-refractivity contribution in [2.75, 3.05) is 13.2 Å². The summed E-state index contributed by atoms with van der Waals surface area (Å²) in [6.07, 6.45) is 50.0. The monoisotopic (exact) mass is 706 g/mol. The van der Waals surface area contributed by atoms with Crippen molar-refractivity contribution in [2.24, 2.45) is 0 Å². The van der Waals surface area contributed by atoms with E-state index in [1.807, 2.05) is 0 Å². The number of unbranched alkanes of at least 4 members (excludes halogenated alkanes) is 28. The van der Waals surface area contributed by atoms with Gasteiger partial charge in [-0.05, 0) is 38.5 Å². The lowest BCUT2D eigenvalue weighted by atomic mass is 9.67. The van der Waals surface area contributed by atoms with Gasteiger partial charge in [0.1, 0.15) is 0 Å². The van der Waals surface area contributed by atoms with Gasteiger partial charge in [0.25, 0.3) is 0 Å². The van der Waals surface area contributed by atoms with E-state index in [0.29, 0.717) is 0 Å². The van der Waals surface area contributed by atoms with Crippen molar-refractivity contribution < 1.29 is 10.2 Å². The van der Waals surface area contributed by atoms with Gasteiger partial charge in [-0.15, -0.1) is 0 Å². The minimum absolute atomic E-state index is 0.0467. The summed E-state index contributed by atoms with van der Waals surface area (Å²) in [6, 6.07) is 0. The van der Waals surface area contributed by atoms with Crippen molar-refractivity contribution in [3.05, 3.63) is 0 Å². The molecule has 0 bridgehead atoms. The summed E-state index contributed by atoms with van der Waals surface area (Å²) >= 11 is 0. The lowest BCUT2D eigenvalue weighted by Crippen LogP contribution is -2.67. The van der Waals surface area contributed by atoms with Crippen LogP contribution in [0, 0.1) is 0 Å². The summed E-state index contributed by atoms with van der Waals surface area (Å²) in [5.41, 5.74) is 0.0935. The summed E-state index contributed by atoms with van der Waals surface area (Å²) in [7, 11) is 0. The molecular weight excluding hydrogens is 611 g/mol. The molecule has 0 radical (unpaired) electrons. The summed E-state index contributed by atoms with van der Waals surface area (Å²) in [4.78, 5) is 2.91. The second-order valence-electron chi connectivity index (χ2n) is 17.3. The van der Waals surface area contributed by atoms with Crippen LogP contribution in [0.3, 0.4) is 0 Å². The Hall–Kier alpha value is -0.120. The molecule has 0 aliphatic carbocycles. The summed E-state index contributed by atoms with van der Waals surface area (Å²) in [6.45, 7) is 10.3. The first-order valence-electron chi connectivity index (χ1n) is 23.6. The average molecular weight is 706 g/mol. The number of hydrogen-bond donors (Lipinski definition) is 2. The molecule has 1 saturated heterocycles. The van der Waals surface area contributed by atoms with Gasteiger partial charge in [0.15, 0.2) is 0 Å². The number of rotatable bonds is 38. The fourth-order valence-corrected chi connectivity index (χ4v) is 9.80. The van der Waals surface area contributed by atoms with Crippen molar-refractivity contribution in [2.45, 2.75) is 289 Å². The molecule has 1 aliphatic heterocycles. The first kappa shape index (κ1) is 47.9. The van der Waals surface area contributed by atoms with Gasteiger partial charge < -0.3 is 10.2 Å². The predicted octanol–water partition coefficient (Wildman–Crippen LogP) is 15.0. The van der Waals surface area contributed by atoms with Gasteiger partial charge in [-0.1, -0.05) is 233 Å². The standard InChI is InChI=1S/C47H95NO2/c1-5-9-13-17-21-25-29-33-37-46(38-34-30-26-22-18-14-10-6-2)43-45(50)44-47(48(46)41-42-49,39-35-31-27-23-19-15-11-7-3)40-36-32-28-24-20-16-12-8-4/h45,49-50H,5-44H2,1-4H3. The number of likely N-dealkylation sites (tertiary alicyclic amines) is 1. The average Bonchev–Trinajstić information content (AvgIpc) is 3.11. The van der Waals surface area contributed by atoms with Crippen LogP contribution in [-0.4, -0.2) is 45.4 Å². The normalized spacial score (nSPS) is 16.4. The maximum Gasteiger partial charge on any atom is 0.0575 e. The fourth-order valence-electron chi connectivity index (χ4n) is 9.80. The first-order valence-corrected chi connectivity index (χ1v) is 23.6. The number of piperidine rings is 1. The highest BCUT2D eigenvalue weighted by molar-refractivity contribution is 5.08. The zero-order chi connectivity index (χ0) is 36.4. The lowest BCUT2D eigenvalue weighted by Gasteiger charge is -2.60. The van der Waals surface area contributed by atoms with Crippen LogP contribution in [-0.2, 0) is 0 Å². The van der Waals surface area contributed by atoms with E-state index in [4.69, 9.17) is 0 Å². The number of aliphatic hydroxyl groups excluding tert-OH is 2. The highest BCUT2D eigenvalue weighted by atomic mass is 16.3. The number of nitrogens with zero attached hydrogens (tertiary/aromatic N) is 1. The molecule has 1 heterocycles. The van der Waals surface area contributed by atoms with Crippen molar-refractivity contribution in [3.8, 4) is 0 Å². The Morgan fingerprint density at radius 2 is 0.600 bits per heavy atom. The second-order valence-corrected chi connectivity index (χ2v) is 17.3. The van der Waals surface area contributed by atoms with Gasteiger partial charge in [0, 0.05) is 17.6 Å². The van der Waals surface area contributed by atoms with Gasteiger partial charge in [-0.3, -0.25) is 4.90 Å². The van der Waals surface area contributed by atoms with E-state index in [1.54, 1.807) is 0 Å². The van der Waals surface area contributed by atoms with E-state index in [-0.39, 0.29) is 23.8 Å². The summed E-state index contributed by atoms with van der Waals surface area (Å²) in [5.74, 6) is 0. The third kappa shape index (κ3) is 22.2. The largest absolute Gasteiger partial charge is 0.395 e. The Bertz CT molecular complexity index is 601. The molecule has 0 unspecified atom stereocenters. The van der Waals surface area contributed by atoms with Crippen LogP contribution in [0.25, 0.3) is 0 Å². The van der Waals surface area contributed by atoms with E-state index < -0.39 is 0 Å². The van der Waals surface area contributed by atoms with E-state index in [2.05, 4.69) is 32.6 Å². The Balaban J connectivity index is 3.11. The molecule has 0 amide bonds. The molecule has 0 atom stereocenters. The van der Waals surface area contributed by atoms with Crippen LogP contribution in [0.15, 0.2) is 0 Å². The molecule has 2 N–H and O–H groups in total. The molecule has 1 fully saturated rings. The molecule has 3 nitrogen and oxygen atoms in total. The maximum absolute atomic E-state index is 11.9. The Kier molecular flexibility index (Phi) is 32.0. The number of hydrogen-bond acceptors (Lipinski definition) is 3. The van der Waals surface area contributed by atoms with Gasteiger partial charge in [-0.2, -0.15) is 0 Å². The van der Waals surface area contributed by atoms with Crippen LogP contribution < -0.4 is 0 Å². The molecule has 3 heteroatoms. The molecule has 0 aromatic carbocycles. The van der Waals surface area contributed by atoms with Crippen LogP contribution in [0.2, 0.25) is 0 Å². The van der Waals surface area contributed by atoms with E-state index >= 15 is 0 Å². The van der Waals surface area contributed by atoms with Gasteiger partial charge in [0.05, 0.1) is 12.7 Å². The smallest absolute Gasteiger partial charge is 0.0575 e. The lowest BCUT2D eigenvalue weighted by molar-refractivity contribution is -0.131. The van der Waals surface area contributed by atoms with Gasteiger partial charge in [-0.25, -0.2) is 0 Å². The summed E-state index contributed by atoms with van der Waals surface area (Å²) < 4.78 is 0. The van der Waals surface area contributed by atoms with Gasteiger partial charge in [0.2, 0.25) is 0 Å². The second kappa shape index (κ2) is 33.4. The Morgan fingerprint density at radius 1 is 0.380 bits per heavy atom. The van der Waals surface area contributed by atoms with E-state index in [1.165, 1.54) is 231 Å². The molecule has 0 spiro atoms. The Morgan fingerprint density at radius 3 is 0.820 bits per heavy atom. The molecule has 1 rings (SSSR count). The molecule has 1 aliphatic rings. The SMILES string of the molecule is CCCCCCCCCCC1(CCCCCCCCCC)CC(O)CC(CCCCCCCCCC)(CCCCCCCCCC)N1CCO. The quantitative estimate of drug-likeness (QED) is 0.0629. The first-order chi connectivity index (χ1) is 24.5. The third-order valence-electron chi connectivity index (χ3n) is 12.7. The van der Waals surface area contributed by atoms with Crippen molar-refractivity contribution in [1.29, 1.82) is 0 Å². The van der Waals surface area contributed by atoms with Crippen LogP contribution >= 0.6 is 0 Å². The molecule has 300 valence electrons. The van der Waals surface area contributed by atoms with Crippen molar-refractivity contribution in [3.63, 3.8) is 0 Å². The third-order valence-corrected chi connectivity index (χ3v) is 12.7. The molecular formula is C47H95NO2. The van der Waals surface area contributed by atoms with Gasteiger partial charge >= 0.3 is 0 Å². The minimum Gasteiger partial charge on any atom is -0.395 e. The molecule has 0 saturated carbocycles. The number of β-amino-alcohol motifs (C(OH)–C–C–N with tert-alkyl or cyclic N) is 1. The van der Waals surface area contributed by atoms with Crippen LogP contribution in [0.5, 0.6) is 0 Å². The zero-order valence-electron chi connectivity index (χ0n) is 35.2. The predicted molar refractivity (Wildman–Crippen MR) is 223 cm³/mol. The highest BCUT2D eigenvalue weighted by Crippen LogP contribution is 2.49. The maximum atomic E-state index is 11.9. The Labute approximate surface area is 316 Å². The van der Waals surface area contributed by atoms with Crippen molar-refractivity contribution in [1.82, 2.24) is 4.90 Å². The number of aliphatic hydroxyl groups is 2. The van der Waals surface area contributed by atoms with E-state index in [9.17, 15) is 10.2 Å². The van der Waals surface area contributed by atoms with Crippen LogP contribution in [0.4, 0.5) is 0 Å². The molecule has 0 aromatic heterocycles. The van der Waals surface area contributed by atoms with E-state index in [0.717, 1.165) is 19.4 Å². The topological polar surface area (TPSA) is 43.7 Å². The highest BCUT2D eigenvalue weighted by Gasteiger charge is 2.52. The van der Waals surface area contributed by atoms with Crippen molar-refractivity contribution >= 4 is 0 Å². The molecule has 0 aromatic rings. The zero-order valence-corrected chi connectivity index (χ0v) is 35.2. The van der Waals surface area contributed by atoms with Crippen LogP contribution in [0.1, 0.15) is 272 Å². The molecule has 50 heavy (non-hydrogen) atoms.